The molecule has 0 fully saturated rings. The number of alkyl halides is 3. The van der Waals surface area contributed by atoms with Crippen LogP contribution >= 0.6 is 0 Å². The summed E-state index contributed by atoms with van der Waals surface area (Å²) in [5, 5.41) is 10.9. The number of carbonyl (C=O) groups is 1. The van der Waals surface area contributed by atoms with Crippen LogP contribution in [-0.2, 0) is 17.3 Å². The lowest BCUT2D eigenvalue weighted by atomic mass is 9.93. The van der Waals surface area contributed by atoms with Gasteiger partial charge in [0.2, 0.25) is 0 Å². The Bertz CT molecular complexity index is 985. The van der Waals surface area contributed by atoms with Gasteiger partial charge in [-0.25, -0.2) is 4.79 Å². The number of nitrogens with zero attached hydrogens (tertiary/aromatic N) is 3. The molecule has 0 radical (unpaired) electrons. The van der Waals surface area contributed by atoms with E-state index >= 15 is 0 Å². The van der Waals surface area contributed by atoms with Crippen LogP contribution in [0.4, 0.5) is 18.9 Å². The first-order valence-electron chi connectivity index (χ1n) is 8.60. The summed E-state index contributed by atoms with van der Waals surface area (Å²) in [6.07, 6.45) is -3.02. The fraction of sp³-hybridized carbons (Fsp3) is 0.333. The average molecular weight is 392 g/mol. The molecule has 0 saturated carbocycles. The highest BCUT2D eigenvalue weighted by Gasteiger charge is 2.32. The van der Waals surface area contributed by atoms with Crippen LogP contribution in [0, 0.1) is 0 Å². The molecule has 3 aliphatic rings. The maximum Gasteiger partial charge on any atom is 0.417 e. The number of aromatic nitrogens is 3. The van der Waals surface area contributed by atoms with Crippen molar-refractivity contribution in [3.8, 4) is 11.5 Å². The monoisotopic (exact) mass is 392 g/mol. The van der Waals surface area contributed by atoms with E-state index in [1.54, 1.807) is 13.0 Å². The number of pyridine rings is 1. The summed E-state index contributed by atoms with van der Waals surface area (Å²) >= 11 is 0. The van der Waals surface area contributed by atoms with Crippen LogP contribution < -0.4 is 5.32 Å². The van der Waals surface area contributed by atoms with Crippen molar-refractivity contribution in [2.75, 3.05) is 18.5 Å². The second-order valence-corrected chi connectivity index (χ2v) is 6.34. The van der Waals surface area contributed by atoms with Gasteiger partial charge in [-0.3, -0.25) is 4.98 Å². The lowest BCUT2D eigenvalue weighted by molar-refractivity contribution is -0.137. The van der Waals surface area contributed by atoms with E-state index in [1.165, 1.54) is 6.07 Å². The third kappa shape index (κ3) is 3.25. The van der Waals surface area contributed by atoms with Crippen LogP contribution in [-0.4, -0.2) is 34.3 Å². The molecule has 1 atom stereocenters. The van der Waals surface area contributed by atoms with E-state index in [4.69, 9.17) is 9.15 Å². The van der Waals surface area contributed by atoms with Gasteiger partial charge in [-0.2, -0.15) is 13.2 Å². The summed E-state index contributed by atoms with van der Waals surface area (Å²) < 4.78 is 48.5. The highest BCUT2D eigenvalue weighted by atomic mass is 19.4. The molecule has 28 heavy (non-hydrogen) atoms. The largest absolute Gasteiger partial charge is 0.459 e. The van der Waals surface area contributed by atoms with E-state index in [0.29, 0.717) is 35.8 Å². The molecule has 1 aromatic rings. The number of rotatable bonds is 3. The van der Waals surface area contributed by atoms with Crippen LogP contribution in [0.1, 0.15) is 40.3 Å². The van der Waals surface area contributed by atoms with Gasteiger partial charge in [0.15, 0.2) is 5.76 Å². The van der Waals surface area contributed by atoms with Crippen molar-refractivity contribution in [2.24, 2.45) is 0 Å². The van der Waals surface area contributed by atoms with E-state index in [9.17, 15) is 18.0 Å². The van der Waals surface area contributed by atoms with Gasteiger partial charge in [-0.05, 0) is 37.1 Å². The molecule has 2 aliphatic heterocycles. The van der Waals surface area contributed by atoms with Gasteiger partial charge >= 0.3 is 18.0 Å². The topological polar surface area (TPSA) is 90.1 Å². The smallest absolute Gasteiger partial charge is 0.417 e. The Kier molecular flexibility index (Phi) is 4.40. The molecule has 7 nitrogen and oxygen atoms in total. The number of carbonyl (C=O) groups excluding carboxylic acids is 1. The minimum Gasteiger partial charge on any atom is -0.459 e. The van der Waals surface area contributed by atoms with E-state index in [-0.39, 0.29) is 18.4 Å². The Hall–Kier alpha value is -3.17. The lowest BCUT2D eigenvalue weighted by Gasteiger charge is -2.24. The quantitative estimate of drug-likeness (QED) is 0.682. The molecule has 10 heteroatoms. The zero-order valence-corrected chi connectivity index (χ0v) is 14.7. The summed E-state index contributed by atoms with van der Waals surface area (Å²) in [7, 11) is 0. The van der Waals surface area contributed by atoms with Crippen LogP contribution in [0.5, 0.6) is 0 Å². The molecule has 1 unspecified atom stereocenters. The first-order chi connectivity index (χ1) is 13.4. The summed E-state index contributed by atoms with van der Waals surface area (Å²) in [5.74, 6) is -0.651. The number of hydrogen-bond donors (Lipinski definition) is 1. The summed E-state index contributed by atoms with van der Waals surface area (Å²) in [6.45, 7) is 2.32. The van der Waals surface area contributed by atoms with Crippen molar-refractivity contribution in [3.05, 3.63) is 47.1 Å². The van der Waals surface area contributed by atoms with Gasteiger partial charge in [-0.15, -0.1) is 10.2 Å². The van der Waals surface area contributed by atoms with Crippen LogP contribution in [0.3, 0.4) is 0 Å². The molecule has 1 aliphatic carbocycles. The maximum atomic E-state index is 12.7. The summed E-state index contributed by atoms with van der Waals surface area (Å²) in [4.78, 5) is 15.8. The molecule has 0 aromatic carbocycles. The van der Waals surface area contributed by atoms with Crippen molar-refractivity contribution in [1.82, 2.24) is 15.2 Å². The minimum atomic E-state index is -4.41. The molecule has 1 aromatic heterocycles. The number of anilines is 1. The van der Waals surface area contributed by atoms with Crippen LogP contribution in [0.15, 0.2) is 28.8 Å². The van der Waals surface area contributed by atoms with Crippen LogP contribution in [0.25, 0.3) is 11.5 Å². The number of nitrogens with one attached hydrogen (secondary N) is 1. The predicted octanol–water partition coefficient (Wildman–Crippen LogP) is 3.52. The zero-order chi connectivity index (χ0) is 19.9. The highest BCUT2D eigenvalue weighted by Crippen LogP contribution is 2.41. The number of halogens is 3. The van der Waals surface area contributed by atoms with E-state index in [0.717, 1.165) is 17.8 Å². The van der Waals surface area contributed by atoms with Crippen molar-refractivity contribution < 1.29 is 27.1 Å². The standard InChI is InChI=1S/C18H15F3N4O3/c1-2-27-17(26)16-25-24-13-6-9-5-10(7-23-14(9)15(13)28-16)12-4-3-11(8-22-12)18(19,20)21/h3-4,6,8,10,23H,2,5,7H2,1H3. The van der Waals surface area contributed by atoms with Gasteiger partial charge < -0.3 is 14.5 Å². The van der Waals surface area contributed by atoms with Gasteiger partial charge in [0.1, 0.15) is 5.69 Å². The average Bonchev–Trinajstić information content (AvgIpc) is 3.04. The first kappa shape index (κ1) is 18.2. The first-order valence-corrected chi connectivity index (χ1v) is 8.60. The Morgan fingerprint density at radius 2 is 2.18 bits per heavy atom. The van der Waals surface area contributed by atoms with Crippen molar-refractivity contribution in [1.29, 1.82) is 0 Å². The number of ether oxygens (including phenoxy) is 1. The normalized spacial score (nSPS) is 16.5. The Labute approximate surface area is 157 Å². The number of esters is 1. The molecule has 4 rings (SSSR count). The van der Waals surface area contributed by atoms with Crippen molar-refractivity contribution >= 4 is 11.7 Å². The Morgan fingerprint density at radius 1 is 1.36 bits per heavy atom. The maximum absolute atomic E-state index is 12.7. The number of hydrogen-bond acceptors (Lipinski definition) is 7. The number of fused-ring (bicyclic) bond motifs is 3. The molecule has 0 amide bonds. The van der Waals surface area contributed by atoms with E-state index < -0.39 is 17.7 Å². The molecule has 0 spiro atoms. The molecular formula is C18H15F3N4O3. The fourth-order valence-electron chi connectivity index (χ4n) is 3.19. The molecule has 0 saturated heterocycles. The van der Waals surface area contributed by atoms with Gasteiger partial charge in [0.25, 0.3) is 0 Å². The van der Waals surface area contributed by atoms with Crippen LogP contribution in [0.2, 0.25) is 0 Å². The third-order valence-electron chi connectivity index (χ3n) is 4.51. The highest BCUT2D eigenvalue weighted by molar-refractivity contribution is 5.86. The second kappa shape index (κ2) is 6.77. The van der Waals surface area contributed by atoms with Gasteiger partial charge in [-0.1, -0.05) is 0 Å². The van der Waals surface area contributed by atoms with Gasteiger partial charge in [0.05, 0.1) is 17.9 Å². The summed E-state index contributed by atoms with van der Waals surface area (Å²) in [5.41, 5.74) is 1.82. The predicted molar refractivity (Wildman–Crippen MR) is 91.1 cm³/mol. The van der Waals surface area contributed by atoms with E-state index in [2.05, 4.69) is 20.5 Å². The molecule has 146 valence electrons. The molecule has 1 N–H and O–H groups in total. The molecule has 0 bridgehead atoms. The summed E-state index contributed by atoms with van der Waals surface area (Å²) in [6, 6.07) is 4.21. The molecule has 3 heterocycles. The zero-order valence-electron chi connectivity index (χ0n) is 14.7. The lowest BCUT2D eigenvalue weighted by Crippen LogP contribution is -2.21. The van der Waals surface area contributed by atoms with Crippen molar-refractivity contribution in [2.45, 2.75) is 25.4 Å². The third-order valence-corrected chi connectivity index (χ3v) is 4.51. The Morgan fingerprint density at radius 3 is 2.86 bits per heavy atom. The SMILES string of the molecule is CCOC(=O)c1nnc2cc3c(c-2o1)NCC(c1ccc(C(F)(F)F)cn1)C3. The van der Waals surface area contributed by atoms with Crippen molar-refractivity contribution in [3.63, 3.8) is 0 Å². The Balaban J connectivity index is 1.60. The second-order valence-electron chi connectivity index (χ2n) is 6.34. The van der Waals surface area contributed by atoms with Gasteiger partial charge in [0, 0.05) is 24.4 Å². The molecular weight excluding hydrogens is 377 g/mol. The minimum absolute atomic E-state index is 0.107. The van der Waals surface area contributed by atoms with E-state index in [1.807, 2.05) is 0 Å². The fourth-order valence-corrected chi connectivity index (χ4v) is 3.19.